The van der Waals surface area contributed by atoms with Crippen molar-refractivity contribution >= 4 is 0 Å². The first-order chi connectivity index (χ1) is 2.80. The van der Waals surface area contributed by atoms with Gasteiger partial charge in [0.15, 0.2) is 0 Å². The molecule has 32 valence electrons. The van der Waals surface area contributed by atoms with E-state index in [0.717, 1.165) is 10.8 Å². The number of fused-ring (bicyclic) bond motifs is 1. The van der Waals surface area contributed by atoms with Crippen molar-refractivity contribution in [1.29, 1.82) is 0 Å². The van der Waals surface area contributed by atoms with Gasteiger partial charge in [0.1, 0.15) is 0 Å². The Bertz CT molecular complexity index is 131. The monoisotopic (exact) mass is 80.1 g/mol. The molecule has 0 radical (unpaired) electrons. The largest absolute Gasteiger partial charge is 0.0588 e. The molecule has 3 unspecified atom stereocenters. The molecule has 0 amide bonds. The average Bonchev–Trinajstić information content (AvgIpc) is 2.27. The maximum atomic E-state index is 2.43. The fraction of sp³-hybridized carbons (Fsp3) is 1.00. The zero-order chi connectivity index (χ0) is 3.99. The van der Waals surface area contributed by atoms with Crippen LogP contribution in [0.5, 0.6) is 0 Å². The van der Waals surface area contributed by atoms with Crippen LogP contribution in [0, 0.1) is 16.7 Å². The van der Waals surface area contributed by atoms with E-state index in [1.807, 2.05) is 0 Å². The van der Waals surface area contributed by atoms with Crippen molar-refractivity contribution in [1.82, 2.24) is 0 Å². The molecule has 0 nitrogen and oxygen atoms in total. The quantitative estimate of drug-likeness (QED) is 0.412. The predicted octanol–water partition coefficient (Wildman–Crippen LogP) is 1.42. The summed E-state index contributed by atoms with van der Waals surface area (Å²) in [5, 5.41) is 0. The summed E-state index contributed by atoms with van der Waals surface area (Å²) in [6.07, 6.45) is 3.19. The van der Waals surface area contributed by atoms with Gasteiger partial charge < -0.3 is 0 Å². The van der Waals surface area contributed by atoms with Gasteiger partial charge in [-0.2, -0.15) is 0 Å². The molecule has 0 aromatic rings. The van der Waals surface area contributed by atoms with E-state index in [0.29, 0.717) is 0 Å². The molecule has 0 heteroatoms. The van der Waals surface area contributed by atoms with E-state index in [1.54, 1.807) is 12.8 Å². The molecule has 0 saturated heterocycles. The molecule has 6 heavy (non-hydrogen) atoms. The summed E-state index contributed by atoms with van der Waals surface area (Å²) in [6.45, 7) is 2.43. The minimum Gasteiger partial charge on any atom is -0.0588 e. The average molecular weight is 80.1 g/mol. The highest BCUT2D eigenvalue weighted by Gasteiger charge is 2.99. The van der Waals surface area contributed by atoms with E-state index < -0.39 is 0 Å². The molecule has 0 aliphatic heterocycles. The third-order valence-corrected chi connectivity index (χ3v) is 3.46. The molecule has 3 aliphatic carbocycles. The first-order valence-electron chi connectivity index (χ1n) is 2.80. The molecular formula is C6H8. The first kappa shape index (κ1) is 2.34. The Balaban J connectivity index is 2.31. The fourth-order valence-electron chi connectivity index (χ4n) is 2.38. The lowest BCUT2D eigenvalue weighted by Crippen LogP contribution is -1.81. The molecule has 0 heterocycles. The second-order valence-corrected chi connectivity index (χ2v) is 3.51. The van der Waals surface area contributed by atoms with Gasteiger partial charge in [-0.25, -0.2) is 0 Å². The summed E-state index contributed by atoms with van der Waals surface area (Å²) in [4.78, 5) is 0. The highest BCUT2D eigenvalue weighted by molar-refractivity contribution is 5.47. The van der Waals surface area contributed by atoms with Gasteiger partial charge in [0.2, 0.25) is 0 Å². The lowest BCUT2D eigenvalue weighted by Gasteiger charge is -1.89. The van der Waals surface area contributed by atoms with Crippen molar-refractivity contribution in [3.8, 4) is 0 Å². The maximum absolute atomic E-state index is 2.43. The lowest BCUT2D eigenvalue weighted by atomic mass is 10.2. The summed E-state index contributed by atoms with van der Waals surface area (Å²) < 4.78 is 0. The van der Waals surface area contributed by atoms with Crippen LogP contribution in [0.2, 0.25) is 0 Å². The van der Waals surface area contributed by atoms with E-state index in [1.165, 1.54) is 5.92 Å². The van der Waals surface area contributed by atoms with Gasteiger partial charge in [0.05, 0.1) is 0 Å². The Morgan fingerprint density at radius 3 is 2.17 bits per heavy atom. The Hall–Kier alpha value is 0. The van der Waals surface area contributed by atoms with Gasteiger partial charge in [-0.1, -0.05) is 6.92 Å². The molecule has 1 spiro atoms. The van der Waals surface area contributed by atoms with Crippen LogP contribution in [-0.4, -0.2) is 0 Å². The van der Waals surface area contributed by atoms with Crippen LogP contribution in [0.1, 0.15) is 19.8 Å². The molecule has 3 saturated carbocycles. The highest BCUT2D eigenvalue weighted by atomic mass is 15.0. The molecule has 0 bridgehead atoms. The molecule has 0 aromatic heterocycles. The Kier molecular flexibility index (Phi) is 0.108. The Morgan fingerprint density at radius 1 is 1.67 bits per heavy atom. The van der Waals surface area contributed by atoms with Gasteiger partial charge in [0.25, 0.3) is 0 Å². The first-order valence-corrected chi connectivity index (χ1v) is 2.80. The molecule has 3 atom stereocenters. The third kappa shape index (κ3) is 0.0533. The Morgan fingerprint density at radius 2 is 2.17 bits per heavy atom. The predicted molar refractivity (Wildman–Crippen MR) is 23.3 cm³/mol. The van der Waals surface area contributed by atoms with E-state index in [-0.39, 0.29) is 0 Å². The summed E-state index contributed by atoms with van der Waals surface area (Å²) in [6, 6.07) is 0. The second-order valence-electron chi connectivity index (χ2n) is 3.51. The zero-order valence-corrected chi connectivity index (χ0v) is 3.99. The molecule has 3 rings (SSSR count). The van der Waals surface area contributed by atoms with Crippen LogP contribution >= 0.6 is 0 Å². The van der Waals surface area contributed by atoms with Crippen molar-refractivity contribution in [2.45, 2.75) is 19.8 Å². The van der Waals surface area contributed by atoms with Gasteiger partial charge in [-0.15, -0.1) is 0 Å². The number of hydrogen-bond acceptors (Lipinski definition) is 0. The minimum absolute atomic E-state index is 0.951. The summed E-state index contributed by atoms with van der Waals surface area (Å²) in [5.41, 5.74) is 1.97. The summed E-state index contributed by atoms with van der Waals surface area (Å²) in [5.74, 6) is 1.24. The normalized spacial score (nSPS) is 90.5. The molecular weight excluding hydrogens is 72.1 g/mol. The van der Waals surface area contributed by atoms with Crippen molar-refractivity contribution in [2.24, 2.45) is 16.7 Å². The van der Waals surface area contributed by atoms with E-state index >= 15 is 0 Å². The van der Waals surface area contributed by atoms with E-state index in [2.05, 4.69) is 6.92 Å². The standard InChI is InChI=1S/C6H8/c1-5-3-6(5)2-4(5)6/h4H,2-3H2,1H3. The second kappa shape index (κ2) is 0.277. The van der Waals surface area contributed by atoms with Crippen LogP contribution in [0.3, 0.4) is 0 Å². The topological polar surface area (TPSA) is 0 Å². The van der Waals surface area contributed by atoms with Crippen molar-refractivity contribution in [3.63, 3.8) is 0 Å². The molecule has 0 aromatic carbocycles. The van der Waals surface area contributed by atoms with E-state index in [4.69, 9.17) is 0 Å². The van der Waals surface area contributed by atoms with Gasteiger partial charge >= 0.3 is 0 Å². The van der Waals surface area contributed by atoms with E-state index in [9.17, 15) is 0 Å². The minimum atomic E-state index is 0.951. The van der Waals surface area contributed by atoms with Crippen LogP contribution in [0.15, 0.2) is 0 Å². The van der Waals surface area contributed by atoms with Gasteiger partial charge in [-0.05, 0) is 29.6 Å². The summed E-state index contributed by atoms with van der Waals surface area (Å²) >= 11 is 0. The van der Waals surface area contributed by atoms with Crippen molar-refractivity contribution in [3.05, 3.63) is 0 Å². The van der Waals surface area contributed by atoms with Crippen LogP contribution in [-0.2, 0) is 0 Å². The van der Waals surface area contributed by atoms with Crippen LogP contribution < -0.4 is 0 Å². The maximum Gasteiger partial charge on any atom is -0.0198 e. The van der Waals surface area contributed by atoms with Gasteiger partial charge in [-0.3, -0.25) is 0 Å². The van der Waals surface area contributed by atoms with Crippen LogP contribution in [0.25, 0.3) is 0 Å². The number of hydrogen-bond donors (Lipinski definition) is 0. The molecule has 0 N–H and O–H groups in total. The smallest absolute Gasteiger partial charge is 0.0198 e. The van der Waals surface area contributed by atoms with Gasteiger partial charge in [0, 0.05) is 0 Å². The lowest BCUT2D eigenvalue weighted by molar-refractivity contribution is 0.599. The molecule has 3 aliphatic rings. The van der Waals surface area contributed by atoms with Crippen molar-refractivity contribution in [2.75, 3.05) is 0 Å². The summed E-state index contributed by atoms with van der Waals surface area (Å²) in [7, 11) is 0. The van der Waals surface area contributed by atoms with Crippen molar-refractivity contribution < 1.29 is 0 Å². The fourth-order valence-corrected chi connectivity index (χ4v) is 2.38. The third-order valence-electron chi connectivity index (χ3n) is 3.46. The Labute approximate surface area is 37.5 Å². The SMILES string of the molecule is CC12CC13CC23. The van der Waals surface area contributed by atoms with Crippen LogP contribution in [0.4, 0.5) is 0 Å². The molecule has 3 fully saturated rings. The zero-order valence-electron chi connectivity index (χ0n) is 3.99. The highest BCUT2D eigenvalue weighted by Crippen LogP contribution is 3.05. The number of rotatable bonds is 0.